The smallest absolute Gasteiger partial charge is 0.212 e. The lowest BCUT2D eigenvalue weighted by atomic mass is 10.0. The van der Waals surface area contributed by atoms with Gasteiger partial charge in [0.2, 0.25) is 11.2 Å². The Kier molecular flexibility index (Phi) is 8.35. The summed E-state index contributed by atoms with van der Waals surface area (Å²) in [6.07, 6.45) is 17.7. The molecular formula is C31H39N2+. The van der Waals surface area contributed by atoms with Gasteiger partial charge in [-0.3, -0.25) is 0 Å². The van der Waals surface area contributed by atoms with Gasteiger partial charge in [-0.05, 0) is 43.2 Å². The van der Waals surface area contributed by atoms with Gasteiger partial charge in [0.15, 0.2) is 0 Å². The zero-order chi connectivity index (χ0) is 22.9. The zero-order valence-electron chi connectivity index (χ0n) is 20.5. The van der Waals surface area contributed by atoms with Crippen molar-refractivity contribution in [3.05, 3.63) is 83.7 Å². The standard InChI is InChI=1S/C31H39N2/c1-3-5-6-7-8-9-10-15-24-33-29(23-21-27-17-12-14-19-31(27)33)25-28-22-20-26-16-11-13-18-30(26)32(28)4-2/h11-14,16-23,25H,3-10,15,24H2,1-2H3/q+1. The molecule has 0 saturated carbocycles. The number of pyridine rings is 1. The number of hydrogen-bond donors (Lipinski definition) is 0. The molecule has 1 aliphatic rings. The third-order valence-corrected chi connectivity index (χ3v) is 6.79. The van der Waals surface area contributed by atoms with Gasteiger partial charge in [0.1, 0.15) is 6.54 Å². The predicted molar refractivity (Wildman–Crippen MR) is 143 cm³/mol. The number of unbranched alkanes of at least 4 members (excludes halogenated alkanes) is 7. The first-order valence-electron chi connectivity index (χ1n) is 13.0. The van der Waals surface area contributed by atoms with Gasteiger partial charge in [-0.15, -0.1) is 0 Å². The largest absolute Gasteiger partial charge is 0.341 e. The number of para-hydroxylation sites is 2. The summed E-state index contributed by atoms with van der Waals surface area (Å²) in [5.41, 5.74) is 6.47. The number of aromatic nitrogens is 1. The first-order chi connectivity index (χ1) is 16.3. The third kappa shape index (κ3) is 5.74. The Labute approximate surface area is 200 Å². The number of rotatable bonds is 11. The van der Waals surface area contributed by atoms with Gasteiger partial charge in [-0.25, -0.2) is 0 Å². The van der Waals surface area contributed by atoms with E-state index in [-0.39, 0.29) is 0 Å². The molecule has 2 heterocycles. The second-order valence-electron chi connectivity index (χ2n) is 9.15. The Hall–Kier alpha value is -2.87. The molecule has 33 heavy (non-hydrogen) atoms. The van der Waals surface area contributed by atoms with E-state index in [0.29, 0.717) is 0 Å². The van der Waals surface area contributed by atoms with E-state index in [9.17, 15) is 0 Å². The van der Waals surface area contributed by atoms with E-state index in [1.807, 2.05) is 0 Å². The second-order valence-corrected chi connectivity index (χ2v) is 9.15. The minimum absolute atomic E-state index is 0.957. The third-order valence-electron chi connectivity index (χ3n) is 6.79. The van der Waals surface area contributed by atoms with Crippen LogP contribution in [0.3, 0.4) is 0 Å². The van der Waals surface area contributed by atoms with Crippen LogP contribution in [0.1, 0.15) is 76.5 Å². The van der Waals surface area contributed by atoms with Crippen LogP contribution in [0.4, 0.5) is 5.69 Å². The topological polar surface area (TPSA) is 7.12 Å². The number of allylic oxidation sites excluding steroid dienone is 1. The van der Waals surface area contributed by atoms with Crippen molar-refractivity contribution in [2.75, 3.05) is 11.4 Å². The minimum Gasteiger partial charge on any atom is -0.341 e. The Bertz CT molecular complexity index is 1110. The van der Waals surface area contributed by atoms with Crippen molar-refractivity contribution in [2.45, 2.75) is 71.8 Å². The van der Waals surface area contributed by atoms with Crippen molar-refractivity contribution in [3.63, 3.8) is 0 Å². The fourth-order valence-corrected chi connectivity index (χ4v) is 4.97. The molecule has 3 aromatic rings. The van der Waals surface area contributed by atoms with Crippen molar-refractivity contribution < 1.29 is 4.57 Å². The van der Waals surface area contributed by atoms with Crippen LogP contribution in [0.15, 0.2) is 72.4 Å². The molecule has 0 N–H and O–H groups in total. The van der Waals surface area contributed by atoms with E-state index in [4.69, 9.17) is 0 Å². The highest BCUT2D eigenvalue weighted by Crippen LogP contribution is 2.31. The molecular weight excluding hydrogens is 400 g/mol. The molecule has 0 unspecified atom stereocenters. The summed E-state index contributed by atoms with van der Waals surface area (Å²) in [5.74, 6) is 0. The maximum absolute atomic E-state index is 2.53. The van der Waals surface area contributed by atoms with E-state index in [0.717, 1.165) is 13.1 Å². The number of anilines is 1. The second kappa shape index (κ2) is 11.8. The van der Waals surface area contributed by atoms with Crippen molar-refractivity contribution in [2.24, 2.45) is 0 Å². The summed E-state index contributed by atoms with van der Waals surface area (Å²) < 4.78 is 2.53. The number of likely N-dealkylation sites (N-methyl/N-ethyl adjacent to an activating group) is 1. The number of aryl methyl sites for hydroxylation is 1. The van der Waals surface area contributed by atoms with Gasteiger partial charge in [-0.2, -0.15) is 4.57 Å². The highest BCUT2D eigenvalue weighted by atomic mass is 15.1. The maximum Gasteiger partial charge on any atom is 0.212 e. The van der Waals surface area contributed by atoms with Crippen LogP contribution in [-0.4, -0.2) is 6.54 Å². The summed E-state index contributed by atoms with van der Waals surface area (Å²) in [4.78, 5) is 2.42. The normalized spacial score (nSPS) is 14.2. The SMILES string of the molecule is CCCCCCCCCC[n+]1c(C=C2C=Cc3ccccc3N2CC)ccc2ccccc21. The first-order valence-corrected chi connectivity index (χ1v) is 13.0. The fourth-order valence-electron chi connectivity index (χ4n) is 4.97. The van der Waals surface area contributed by atoms with Gasteiger partial charge in [-0.1, -0.05) is 81.9 Å². The number of fused-ring (bicyclic) bond motifs is 2. The summed E-state index contributed by atoms with van der Waals surface area (Å²) in [5, 5.41) is 1.32. The van der Waals surface area contributed by atoms with Crippen LogP contribution < -0.4 is 9.47 Å². The van der Waals surface area contributed by atoms with Gasteiger partial charge >= 0.3 is 0 Å². The lowest BCUT2D eigenvalue weighted by Gasteiger charge is -2.29. The molecule has 2 nitrogen and oxygen atoms in total. The molecule has 0 radical (unpaired) electrons. The summed E-state index contributed by atoms with van der Waals surface area (Å²) in [6, 6.07) is 22.0. The molecule has 1 aliphatic heterocycles. The van der Waals surface area contributed by atoms with Gasteiger partial charge in [0, 0.05) is 47.9 Å². The van der Waals surface area contributed by atoms with Crippen LogP contribution in [-0.2, 0) is 6.54 Å². The number of nitrogens with zero attached hydrogens (tertiary/aromatic N) is 2. The fraction of sp³-hybridized carbons (Fsp3) is 0.387. The van der Waals surface area contributed by atoms with Crippen molar-refractivity contribution in [3.8, 4) is 0 Å². The van der Waals surface area contributed by atoms with Crippen LogP contribution in [0, 0.1) is 0 Å². The Morgan fingerprint density at radius 3 is 2.27 bits per heavy atom. The van der Waals surface area contributed by atoms with Crippen LogP contribution in [0.5, 0.6) is 0 Å². The number of hydrogen-bond acceptors (Lipinski definition) is 1. The van der Waals surface area contributed by atoms with E-state index in [1.54, 1.807) is 0 Å². The lowest BCUT2D eigenvalue weighted by Crippen LogP contribution is -2.38. The highest BCUT2D eigenvalue weighted by molar-refractivity contribution is 5.80. The van der Waals surface area contributed by atoms with Crippen molar-refractivity contribution >= 4 is 28.7 Å². The van der Waals surface area contributed by atoms with Gasteiger partial charge in [0.05, 0.1) is 0 Å². The number of benzene rings is 2. The zero-order valence-corrected chi connectivity index (χ0v) is 20.5. The molecule has 2 heteroatoms. The van der Waals surface area contributed by atoms with Crippen LogP contribution in [0.25, 0.3) is 23.1 Å². The van der Waals surface area contributed by atoms with Crippen LogP contribution >= 0.6 is 0 Å². The molecule has 0 aliphatic carbocycles. The average Bonchev–Trinajstić information content (AvgIpc) is 2.86. The maximum atomic E-state index is 2.53. The molecule has 0 bridgehead atoms. The molecule has 172 valence electrons. The Morgan fingerprint density at radius 1 is 0.727 bits per heavy atom. The highest BCUT2D eigenvalue weighted by Gasteiger charge is 2.19. The van der Waals surface area contributed by atoms with Crippen molar-refractivity contribution in [1.29, 1.82) is 0 Å². The molecule has 4 rings (SSSR count). The summed E-state index contributed by atoms with van der Waals surface area (Å²) in [7, 11) is 0. The summed E-state index contributed by atoms with van der Waals surface area (Å²) in [6.45, 7) is 6.55. The molecule has 0 fully saturated rings. The van der Waals surface area contributed by atoms with E-state index < -0.39 is 0 Å². The predicted octanol–water partition coefficient (Wildman–Crippen LogP) is 8.16. The molecule has 1 aromatic heterocycles. The monoisotopic (exact) mass is 439 g/mol. The van der Waals surface area contributed by atoms with E-state index in [2.05, 4.69) is 102 Å². The first kappa shape index (κ1) is 23.3. The van der Waals surface area contributed by atoms with Crippen LogP contribution in [0.2, 0.25) is 0 Å². The van der Waals surface area contributed by atoms with E-state index >= 15 is 0 Å². The average molecular weight is 440 g/mol. The quantitative estimate of drug-likeness (QED) is 0.216. The Morgan fingerprint density at radius 2 is 1.45 bits per heavy atom. The summed E-state index contributed by atoms with van der Waals surface area (Å²) >= 11 is 0. The Balaban J connectivity index is 1.55. The van der Waals surface area contributed by atoms with E-state index in [1.165, 1.54) is 84.9 Å². The molecule has 0 saturated heterocycles. The molecule has 0 spiro atoms. The lowest BCUT2D eigenvalue weighted by molar-refractivity contribution is -0.673. The molecule has 2 aromatic carbocycles. The minimum atomic E-state index is 0.957. The molecule has 0 atom stereocenters. The van der Waals surface area contributed by atoms with Gasteiger partial charge < -0.3 is 4.90 Å². The molecule has 0 amide bonds. The van der Waals surface area contributed by atoms with Gasteiger partial charge in [0.25, 0.3) is 0 Å². The van der Waals surface area contributed by atoms with Crippen molar-refractivity contribution in [1.82, 2.24) is 0 Å².